The molecule has 0 aromatic carbocycles. The molecular weight excluding hydrogens is 286 g/mol. The molecule has 2 fully saturated rings. The van der Waals surface area contributed by atoms with Crippen LogP contribution in [0.4, 0.5) is 8.78 Å². The molecule has 2 rings (SSSR count). The summed E-state index contributed by atoms with van der Waals surface area (Å²) >= 11 is 1.44. The van der Waals surface area contributed by atoms with Crippen LogP contribution in [0.15, 0.2) is 0 Å². The van der Waals surface area contributed by atoms with Gasteiger partial charge in [0, 0.05) is 24.8 Å². The third kappa shape index (κ3) is 2.40. The van der Waals surface area contributed by atoms with Crippen molar-refractivity contribution in [1.82, 2.24) is 9.80 Å². The van der Waals surface area contributed by atoms with Crippen molar-refractivity contribution in [3.05, 3.63) is 0 Å². The minimum atomic E-state index is -2.91. The predicted molar refractivity (Wildman–Crippen MR) is 73.5 cm³/mol. The molecule has 1 saturated carbocycles. The Morgan fingerprint density at radius 1 is 1.35 bits per heavy atom. The zero-order chi connectivity index (χ0) is 15.1. The van der Waals surface area contributed by atoms with E-state index in [2.05, 4.69) is 0 Å². The number of carbonyl (C=O) groups is 2. The number of nitrogens with zero attached hydrogens (tertiary/aromatic N) is 2. The molecule has 1 heterocycles. The van der Waals surface area contributed by atoms with Gasteiger partial charge < -0.3 is 9.80 Å². The summed E-state index contributed by atoms with van der Waals surface area (Å²) in [7, 11) is 0. The van der Waals surface area contributed by atoms with E-state index >= 15 is 0 Å². The first-order valence-corrected chi connectivity index (χ1v) is 8.06. The highest BCUT2D eigenvalue weighted by molar-refractivity contribution is 7.99. The average Bonchev–Trinajstić information content (AvgIpc) is 2.81. The lowest BCUT2D eigenvalue weighted by Crippen LogP contribution is -2.49. The van der Waals surface area contributed by atoms with Gasteiger partial charge in [-0.3, -0.25) is 9.59 Å². The van der Waals surface area contributed by atoms with Crippen LogP contribution in [0.3, 0.4) is 0 Å². The predicted octanol–water partition coefficient (Wildman–Crippen LogP) is 1.66. The van der Waals surface area contributed by atoms with Crippen molar-refractivity contribution in [2.75, 3.05) is 24.7 Å². The van der Waals surface area contributed by atoms with E-state index in [0.717, 1.165) is 0 Å². The Kier molecular flexibility index (Phi) is 4.27. The molecule has 2 aliphatic rings. The lowest BCUT2D eigenvalue weighted by Gasteiger charge is -2.28. The Labute approximate surface area is 121 Å². The van der Waals surface area contributed by atoms with Crippen LogP contribution in [0.2, 0.25) is 0 Å². The number of likely N-dealkylation sites (N-methyl/N-ethyl adjacent to an activating group) is 1. The van der Waals surface area contributed by atoms with Gasteiger partial charge >= 0.3 is 0 Å². The lowest BCUT2D eigenvalue weighted by atomic mass is 10.2. The molecule has 4 nitrogen and oxygen atoms in total. The van der Waals surface area contributed by atoms with Gasteiger partial charge in [-0.25, -0.2) is 8.78 Å². The summed E-state index contributed by atoms with van der Waals surface area (Å²) < 4.78 is 26.7. The van der Waals surface area contributed by atoms with E-state index < -0.39 is 29.7 Å². The summed E-state index contributed by atoms with van der Waals surface area (Å²) in [5.41, 5.74) is 0. The van der Waals surface area contributed by atoms with Crippen molar-refractivity contribution in [1.29, 1.82) is 0 Å². The van der Waals surface area contributed by atoms with Gasteiger partial charge in [-0.15, -0.1) is 11.8 Å². The van der Waals surface area contributed by atoms with Gasteiger partial charge in [0.05, 0.1) is 5.88 Å². The normalized spacial score (nSPS) is 31.2. The summed E-state index contributed by atoms with van der Waals surface area (Å²) in [5, 5.41) is 0. The fourth-order valence-electron chi connectivity index (χ4n) is 2.65. The third-order valence-corrected chi connectivity index (χ3v) is 5.22. The van der Waals surface area contributed by atoms with E-state index in [1.807, 2.05) is 13.8 Å². The fraction of sp³-hybridized carbons (Fsp3) is 0.846. The minimum absolute atomic E-state index is 0.134. The van der Waals surface area contributed by atoms with Crippen LogP contribution in [0.1, 0.15) is 20.8 Å². The monoisotopic (exact) mass is 306 g/mol. The van der Waals surface area contributed by atoms with Crippen molar-refractivity contribution in [3.8, 4) is 0 Å². The van der Waals surface area contributed by atoms with Crippen LogP contribution in [-0.2, 0) is 9.59 Å². The molecule has 1 aliphatic carbocycles. The highest BCUT2D eigenvalue weighted by Crippen LogP contribution is 2.56. The summed E-state index contributed by atoms with van der Waals surface area (Å²) in [4.78, 5) is 27.5. The summed E-state index contributed by atoms with van der Waals surface area (Å²) in [6.45, 7) is 6.25. The first-order valence-electron chi connectivity index (χ1n) is 6.91. The molecule has 1 saturated heterocycles. The molecular formula is C13H20F2N2O2S. The second-order valence-electron chi connectivity index (χ2n) is 5.28. The van der Waals surface area contributed by atoms with Crippen LogP contribution in [0.25, 0.3) is 0 Å². The Hall–Kier alpha value is -0.850. The maximum atomic E-state index is 13.4. The number of hydrogen-bond donors (Lipinski definition) is 0. The van der Waals surface area contributed by atoms with E-state index in [-0.39, 0.29) is 5.91 Å². The number of rotatable bonds is 4. The smallest absolute Gasteiger partial charge is 0.263 e. The average molecular weight is 306 g/mol. The summed E-state index contributed by atoms with van der Waals surface area (Å²) in [6, 6.07) is -0.587. The molecule has 114 valence electrons. The van der Waals surface area contributed by atoms with Gasteiger partial charge in [0.15, 0.2) is 0 Å². The molecule has 20 heavy (non-hydrogen) atoms. The Morgan fingerprint density at radius 3 is 2.35 bits per heavy atom. The molecule has 0 aromatic rings. The molecule has 7 heteroatoms. The molecule has 0 bridgehead atoms. The van der Waals surface area contributed by atoms with Gasteiger partial charge in [0.2, 0.25) is 11.8 Å². The van der Waals surface area contributed by atoms with Crippen molar-refractivity contribution >= 4 is 23.6 Å². The van der Waals surface area contributed by atoms with E-state index in [1.54, 1.807) is 4.90 Å². The van der Waals surface area contributed by atoms with Crippen molar-refractivity contribution in [2.24, 2.45) is 11.8 Å². The van der Waals surface area contributed by atoms with E-state index in [9.17, 15) is 18.4 Å². The first-order chi connectivity index (χ1) is 9.36. The van der Waals surface area contributed by atoms with Gasteiger partial charge in [-0.05, 0) is 13.8 Å². The minimum Gasteiger partial charge on any atom is -0.341 e. The zero-order valence-corrected chi connectivity index (χ0v) is 12.8. The molecule has 0 aromatic heterocycles. The standard InChI is InChI=1S/C13H20F2N2O2S/c1-4-16(5-2)11(18)9-6-20-7-17(9)12(19)10-8(3)13(10,14)15/h8-10H,4-7H2,1-3H3/t8-,9-,10-/m0/s1. The molecule has 0 spiro atoms. The molecule has 0 N–H and O–H groups in total. The highest BCUT2D eigenvalue weighted by atomic mass is 32.2. The van der Waals surface area contributed by atoms with Crippen LogP contribution in [0.5, 0.6) is 0 Å². The Bertz CT molecular complexity index is 415. The van der Waals surface area contributed by atoms with Crippen LogP contribution in [-0.4, -0.2) is 58.3 Å². The Balaban J connectivity index is 2.08. The maximum absolute atomic E-state index is 13.4. The molecule has 3 atom stereocenters. The largest absolute Gasteiger partial charge is 0.341 e. The number of hydrogen-bond acceptors (Lipinski definition) is 3. The topological polar surface area (TPSA) is 40.6 Å². The fourth-order valence-corrected chi connectivity index (χ4v) is 3.80. The SMILES string of the molecule is CCN(CC)C(=O)[C@@H]1CSCN1C(=O)[C@@H]1[C@H](C)C1(F)F. The third-order valence-electron chi connectivity index (χ3n) is 4.20. The van der Waals surface area contributed by atoms with Crippen LogP contribution in [0, 0.1) is 11.8 Å². The maximum Gasteiger partial charge on any atom is 0.263 e. The van der Waals surface area contributed by atoms with Gasteiger partial charge in [-0.1, -0.05) is 6.92 Å². The van der Waals surface area contributed by atoms with Gasteiger partial charge in [-0.2, -0.15) is 0 Å². The van der Waals surface area contributed by atoms with Crippen LogP contribution >= 0.6 is 11.8 Å². The number of halogens is 2. The molecule has 1 aliphatic heterocycles. The van der Waals surface area contributed by atoms with Gasteiger partial charge in [0.25, 0.3) is 5.92 Å². The van der Waals surface area contributed by atoms with E-state index in [0.29, 0.717) is 24.7 Å². The summed E-state index contributed by atoms with van der Waals surface area (Å²) in [6.07, 6.45) is 0. The quantitative estimate of drug-likeness (QED) is 0.793. The number of carbonyl (C=O) groups excluding carboxylic acids is 2. The van der Waals surface area contributed by atoms with Crippen molar-refractivity contribution < 1.29 is 18.4 Å². The van der Waals surface area contributed by atoms with E-state index in [4.69, 9.17) is 0 Å². The van der Waals surface area contributed by atoms with Crippen LogP contribution < -0.4 is 0 Å². The van der Waals surface area contributed by atoms with Crippen molar-refractivity contribution in [2.45, 2.75) is 32.7 Å². The molecule has 0 radical (unpaired) electrons. The molecule has 2 amide bonds. The second-order valence-corrected chi connectivity index (χ2v) is 6.27. The summed E-state index contributed by atoms with van der Waals surface area (Å²) in [5.74, 6) is -4.95. The number of thioether (sulfide) groups is 1. The Morgan fingerprint density at radius 2 is 1.90 bits per heavy atom. The van der Waals surface area contributed by atoms with Gasteiger partial charge in [0.1, 0.15) is 12.0 Å². The number of alkyl halides is 2. The van der Waals surface area contributed by atoms with E-state index in [1.165, 1.54) is 23.6 Å². The zero-order valence-electron chi connectivity index (χ0n) is 11.9. The number of amides is 2. The molecule has 0 unspecified atom stereocenters. The highest BCUT2D eigenvalue weighted by Gasteiger charge is 2.70. The lowest BCUT2D eigenvalue weighted by molar-refractivity contribution is -0.145. The second kappa shape index (κ2) is 5.50. The first kappa shape index (κ1) is 15.5. The van der Waals surface area contributed by atoms with Crippen molar-refractivity contribution in [3.63, 3.8) is 0 Å².